The molecule has 4 nitrogen and oxygen atoms in total. The Balaban J connectivity index is 2.47. The van der Waals surface area contributed by atoms with Gasteiger partial charge in [0.05, 0.1) is 0 Å². The third kappa shape index (κ3) is 3.22. The summed E-state index contributed by atoms with van der Waals surface area (Å²) < 4.78 is 1.05. The maximum atomic E-state index is 12.9. The molecule has 1 aromatic rings. The van der Waals surface area contributed by atoms with Gasteiger partial charge in [0, 0.05) is 9.26 Å². The van der Waals surface area contributed by atoms with Crippen molar-refractivity contribution >= 4 is 40.1 Å². The fourth-order valence-corrected chi connectivity index (χ4v) is 3.12. The molecule has 1 heterocycles. The lowest BCUT2D eigenvalue weighted by atomic mass is 9.83. The first kappa shape index (κ1) is 16.3. The number of nitrogens with one attached hydrogen (secondary N) is 1. The molecule has 0 bridgehead atoms. The number of piperazine rings is 1. The highest BCUT2D eigenvalue weighted by Gasteiger charge is 2.45. The van der Waals surface area contributed by atoms with Crippen molar-refractivity contribution in [1.82, 2.24) is 5.32 Å². The fourth-order valence-electron chi connectivity index (χ4n) is 2.60. The summed E-state index contributed by atoms with van der Waals surface area (Å²) in [5.74, 6) is -0.105. The van der Waals surface area contributed by atoms with E-state index in [1.54, 1.807) is 4.90 Å². The Kier molecular flexibility index (Phi) is 4.60. The predicted molar refractivity (Wildman–Crippen MR) is 92.1 cm³/mol. The van der Waals surface area contributed by atoms with E-state index >= 15 is 0 Å². The van der Waals surface area contributed by atoms with Crippen LogP contribution in [0.5, 0.6) is 0 Å². The molecule has 1 N–H and O–H groups in total. The molecular weight excluding hydrogens is 379 g/mol. The highest BCUT2D eigenvalue weighted by Crippen LogP contribution is 2.30. The number of amides is 2. The van der Waals surface area contributed by atoms with E-state index < -0.39 is 12.1 Å². The minimum absolute atomic E-state index is 0.0315. The Morgan fingerprint density at radius 2 is 1.95 bits per heavy atom. The van der Waals surface area contributed by atoms with Crippen molar-refractivity contribution in [2.45, 2.75) is 46.2 Å². The number of hydrogen-bond donors (Lipinski definition) is 1. The Hall–Kier alpha value is -1.11. The second-order valence-electron chi connectivity index (χ2n) is 6.42. The van der Waals surface area contributed by atoms with E-state index in [-0.39, 0.29) is 17.2 Å². The molecule has 1 saturated heterocycles. The number of hydrogen-bond acceptors (Lipinski definition) is 2. The molecule has 0 aromatic heterocycles. The van der Waals surface area contributed by atoms with Gasteiger partial charge >= 0.3 is 0 Å². The number of carbonyl (C=O) groups excluding carboxylic acids is 2. The highest BCUT2D eigenvalue weighted by molar-refractivity contribution is 14.1. The summed E-state index contributed by atoms with van der Waals surface area (Å²) in [6, 6.07) is 6.79. The number of halogens is 1. The number of benzene rings is 1. The molecule has 0 spiro atoms. The van der Waals surface area contributed by atoms with Crippen LogP contribution in [0.15, 0.2) is 24.3 Å². The van der Waals surface area contributed by atoms with Gasteiger partial charge in [-0.2, -0.15) is 0 Å². The van der Waals surface area contributed by atoms with E-state index in [1.165, 1.54) is 0 Å². The predicted octanol–water partition coefficient (Wildman–Crippen LogP) is 2.95. The zero-order chi connectivity index (χ0) is 15.8. The van der Waals surface area contributed by atoms with Crippen LogP contribution in [0.4, 0.5) is 5.69 Å². The molecule has 2 rings (SSSR count). The van der Waals surface area contributed by atoms with Gasteiger partial charge in [0.2, 0.25) is 5.91 Å². The summed E-state index contributed by atoms with van der Waals surface area (Å²) >= 11 is 2.22. The SMILES string of the molecule is CCC1C(=O)NC(C(C)(C)C)C(=O)N1c1cccc(I)c1. The summed E-state index contributed by atoms with van der Waals surface area (Å²) in [4.78, 5) is 27.0. The van der Waals surface area contributed by atoms with Crippen LogP contribution in [0.25, 0.3) is 0 Å². The highest BCUT2D eigenvalue weighted by atomic mass is 127. The van der Waals surface area contributed by atoms with Gasteiger partial charge in [-0.1, -0.05) is 33.8 Å². The Morgan fingerprint density at radius 3 is 2.48 bits per heavy atom. The lowest BCUT2D eigenvalue weighted by Crippen LogP contribution is -2.66. The van der Waals surface area contributed by atoms with Gasteiger partial charge in [0.15, 0.2) is 0 Å². The van der Waals surface area contributed by atoms with Crippen LogP contribution in [0.3, 0.4) is 0 Å². The van der Waals surface area contributed by atoms with Crippen LogP contribution >= 0.6 is 22.6 Å². The van der Waals surface area contributed by atoms with Gasteiger partial charge in [-0.05, 0) is 52.6 Å². The minimum atomic E-state index is -0.495. The van der Waals surface area contributed by atoms with E-state index in [4.69, 9.17) is 0 Å². The molecule has 21 heavy (non-hydrogen) atoms. The number of carbonyl (C=O) groups is 2. The standard InChI is InChI=1S/C16H21IN2O2/c1-5-12-14(20)18-13(16(2,3)4)15(21)19(12)11-8-6-7-10(17)9-11/h6-9,12-13H,5H2,1-4H3,(H,18,20). The Labute approximate surface area is 139 Å². The lowest BCUT2D eigenvalue weighted by molar-refractivity contribution is -0.136. The maximum absolute atomic E-state index is 12.9. The monoisotopic (exact) mass is 400 g/mol. The lowest BCUT2D eigenvalue weighted by Gasteiger charge is -2.43. The number of anilines is 1. The van der Waals surface area contributed by atoms with Crippen LogP contribution in [0.2, 0.25) is 0 Å². The topological polar surface area (TPSA) is 49.4 Å². The van der Waals surface area contributed by atoms with Crippen molar-refractivity contribution in [3.63, 3.8) is 0 Å². The number of nitrogens with zero attached hydrogens (tertiary/aromatic N) is 1. The average Bonchev–Trinajstić information content (AvgIpc) is 2.39. The largest absolute Gasteiger partial charge is 0.342 e. The first-order valence-corrected chi connectivity index (χ1v) is 8.22. The molecule has 1 fully saturated rings. The average molecular weight is 400 g/mol. The molecule has 2 atom stereocenters. The third-order valence-corrected chi connectivity index (χ3v) is 4.40. The quantitative estimate of drug-likeness (QED) is 0.777. The molecule has 0 saturated carbocycles. The molecule has 0 radical (unpaired) electrons. The smallest absolute Gasteiger partial charge is 0.250 e. The van der Waals surface area contributed by atoms with Crippen molar-refractivity contribution in [2.24, 2.45) is 5.41 Å². The van der Waals surface area contributed by atoms with Crippen LogP contribution in [0.1, 0.15) is 34.1 Å². The van der Waals surface area contributed by atoms with Crippen LogP contribution in [0, 0.1) is 8.99 Å². The molecule has 114 valence electrons. The second-order valence-corrected chi connectivity index (χ2v) is 7.67. The third-order valence-electron chi connectivity index (χ3n) is 3.72. The molecule has 1 aliphatic heterocycles. The molecule has 1 aliphatic rings. The molecule has 0 aliphatic carbocycles. The molecule has 2 amide bonds. The van der Waals surface area contributed by atoms with Crippen LogP contribution < -0.4 is 10.2 Å². The van der Waals surface area contributed by atoms with Crippen molar-refractivity contribution in [3.05, 3.63) is 27.8 Å². The van der Waals surface area contributed by atoms with Crippen molar-refractivity contribution in [3.8, 4) is 0 Å². The van der Waals surface area contributed by atoms with Crippen molar-refractivity contribution < 1.29 is 9.59 Å². The first-order valence-electron chi connectivity index (χ1n) is 7.14. The van der Waals surface area contributed by atoms with Crippen molar-refractivity contribution in [1.29, 1.82) is 0 Å². The second kappa shape index (κ2) is 5.94. The Bertz CT molecular complexity index is 566. The van der Waals surface area contributed by atoms with Crippen LogP contribution in [-0.2, 0) is 9.59 Å². The van der Waals surface area contributed by atoms with E-state index in [2.05, 4.69) is 27.9 Å². The summed E-state index contributed by atoms with van der Waals surface area (Å²) in [6.45, 7) is 7.83. The molecule has 5 heteroatoms. The van der Waals surface area contributed by atoms with Gasteiger partial charge < -0.3 is 5.32 Å². The first-order chi connectivity index (χ1) is 9.75. The number of rotatable bonds is 2. The maximum Gasteiger partial charge on any atom is 0.250 e. The Morgan fingerprint density at radius 1 is 1.29 bits per heavy atom. The van der Waals surface area contributed by atoms with Gasteiger partial charge in [-0.15, -0.1) is 0 Å². The summed E-state index contributed by atoms with van der Waals surface area (Å²) in [5.41, 5.74) is 0.480. The van der Waals surface area contributed by atoms with Crippen LogP contribution in [-0.4, -0.2) is 23.9 Å². The summed E-state index contributed by atoms with van der Waals surface area (Å²) in [6.07, 6.45) is 0.597. The minimum Gasteiger partial charge on any atom is -0.342 e. The summed E-state index contributed by atoms with van der Waals surface area (Å²) in [5, 5.41) is 2.89. The normalized spacial score (nSPS) is 23.2. The van der Waals surface area contributed by atoms with Gasteiger partial charge in [0.1, 0.15) is 12.1 Å². The van der Waals surface area contributed by atoms with Gasteiger partial charge in [0.25, 0.3) is 5.91 Å². The zero-order valence-corrected chi connectivity index (χ0v) is 15.0. The molecule has 2 unspecified atom stereocenters. The zero-order valence-electron chi connectivity index (χ0n) is 12.8. The van der Waals surface area contributed by atoms with E-state index in [0.29, 0.717) is 6.42 Å². The summed E-state index contributed by atoms with van der Waals surface area (Å²) in [7, 11) is 0. The molecule has 1 aromatic carbocycles. The van der Waals surface area contributed by atoms with Crippen molar-refractivity contribution in [2.75, 3.05) is 4.90 Å². The fraction of sp³-hybridized carbons (Fsp3) is 0.500. The van der Waals surface area contributed by atoms with Gasteiger partial charge in [-0.25, -0.2) is 0 Å². The van der Waals surface area contributed by atoms with E-state index in [0.717, 1.165) is 9.26 Å². The van der Waals surface area contributed by atoms with E-state index in [1.807, 2.05) is 52.0 Å². The molecular formula is C16H21IN2O2. The van der Waals surface area contributed by atoms with Gasteiger partial charge in [-0.3, -0.25) is 14.5 Å². The van der Waals surface area contributed by atoms with E-state index in [9.17, 15) is 9.59 Å².